The van der Waals surface area contributed by atoms with Crippen molar-refractivity contribution in [3.8, 4) is 0 Å². The molecule has 3 nitrogen and oxygen atoms in total. The van der Waals surface area contributed by atoms with Gasteiger partial charge in [-0.2, -0.15) is 5.11 Å². The van der Waals surface area contributed by atoms with Gasteiger partial charge in [-0.25, -0.2) is 0 Å². The molecule has 0 unspecified atom stereocenters. The Bertz CT molecular complexity index is 116. The summed E-state index contributed by atoms with van der Waals surface area (Å²) in [7, 11) is 0. The zero-order chi connectivity index (χ0) is 10.9. The van der Waals surface area contributed by atoms with Gasteiger partial charge in [0.15, 0.2) is 0 Å². The molecule has 0 fully saturated rings. The van der Waals surface area contributed by atoms with Gasteiger partial charge in [-0.1, -0.05) is 33.6 Å². The molecule has 85 valence electrons. The molecule has 0 aromatic rings. The Morgan fingerprint density at radius 1 is 0.929 bits per heavy atom. The molecule has 0 amide bonds. The third-order valence-corrected chi connectivity index (χ3v) is 2.07. The number of unbranched alkanes of at least 4 members (excludes halogenated alkanes) is 2. The lowest BCUT2D eigenvalue weighted by atomic mass is 10.3. The summed E-state index contributed by atoms with van der Waals surface area (Å²) in [5.74, 6) is -1.61. The molecular weight excluding hydrogens is 180 g/mol. The second-order valence-corrected chi connectivity index (χ2v) is 3.44. The Morgan fingerprint density at radius 2 is 1.36 bits per heavy atom. The maximum atomic E-state index is 11.8. The van der Waals surface area contributed by atoms with Gasteiger partial charge >= 0.3 is 5.97 Å². The van der Waals surface area contributed by atoms with Gasteiger partial charge in [0.2, 0.25) is 0 Å². The molecule has 0 aliphatic carbocycles. The molecule has 0 heterocycles. The molecular formula is C11H23O3. The molecule has 0 bridgehead atoms. The average Bonchev–Trinajstić information content (AvgIpc) is 2.19. The van der Waals surface area contributed by atoms with E-state index in [1.165, 1.54) is 0 Å². The predicted molar refractivity (Wildman–Crippen MR) is 55.4 cm³/mol. The van der Waals surface area contributed by atoms with Crippen molar-refractivity contribution in [2.45, 2.75) is 58.8 Å². The van der Waals surface area contributed by atoms with E-state index < -0.39 is 5.97 Å². The lowest BCUT2D eigenvalue weighted by molar-refractivity contribution is -0.389. The summed E-state index contributed by atoms with van der Waals surface area (Å²) >= 11 is 0. The van der Waals surface area contributed by atoms with Crippen LogP contribution in [0.3, 0.4) is 0 Å². The SMILES string of the molecule is CCCCOC([O])(CC)OCCCC. The third-order valence-electron chi connectivity index (χ3n) is 2.07. The maximum Gasteiger partial charge on any atom is 0.312 e. The van der Waals surface area contributed by atoms with Crippen LogP contribution in [0.25, 0.3) is 0 Å². The van der Waals surface area contributed by atoms with E-state index in [-0.39, 0.29) is 0 Å². The second kappa shape index (κ2) is 8.21. The van der Waals surface area contributed by atoms with Crippen molar-refractivity contribution < 1.29 is 14.6 Å². The fourth-order valence-electron chi connectivity index (χ4n) is 0.990. The van der Waals surface area contributed by atoms with Crippen LogP contribution in [0.2, 0.25) is 0 Å². The molecule has 0 N–H and O–H groups in total. The molecule has 0 aliphatic heterocycles. The highest BCUT2D eigenvalue weighted by Crippen LogP contribution is 2.16. The van der Waals surface area contributed by atoms with E-state index >= 15 is 0 Å². The van der Waals surface area contributed by atoms with Crippen LogP contribution < -0.4 is 0 Å². The highest BCUT2D eigenvalue weighted by molar-refractivity contribution is 4.50. The van der Waals surface area contributed by atoms with Gasteiger partial charge in [-0.05, 0) is 12.8 Å². The third kappa shape index (κ3) is 6.35. The summed E-state index contributed by atoms with van der Waals surface area (Å²) < 4.78 is 10.4. The van der Waals surface area contributed by atoms with Crippen molar-refractivity contribution in [3.05, 3.63) is 0 Å². The predicted octanol–water partition coefficient (Wildman–Crippen LogP) is 3.11. The number of hydrogen-bond donors (Lipinski definition) is 0. The molecule has 1 radical (unpaired) electrons. The number of hydrogen-bond acceptors (Lipinski definition) is 2. The summed E-state index contributed by atoms with van der Waals surface area (Å²) in [5.41, 5.74) is 0. The van der Waals surface area contributed by atoms with Gasteiger partial charge in [0, 0.05) is 6.42 Å². The second-order valence-electron chi connectivity index (χ2n) is 3.44. The summed E-state index contributed by atoms with van der Waals surface area (Å²) in [5, 5.41) is 11.8. The van der Waals surface area contributed by atoms with Crippen molar-refractivity contribution in [2.75, 3.05) is 13.2 Å². The van der Waals surface area contributed by atoms with Crippen LogP contribution in [0.1, 0.15) is 52.9 Å². The van der Waals surface area contributed by atoms with Crippen molar-refractivity contribution >= 4 is 0 Å². The lowest BCUT2D eigenvalue weighted by Crippen LogP contribution is -2.34. The van der Waals surface area contributed by atoms with Crippen LogP contribution in [0.5, 0.6) is 0 Å². The van der Waals surface area contributed by atoms with Gasteiger partial charge in [0.1, 0.15) is 0 Å². The Kier molecular flexibility index (Phi) is 8.14. The van der Waals surface area contributed by atoms with E-state index in [9.17, 15) is 5.11 Å². The summed E-state index contributed by atoms with van der Waals surface area (Å²) in [6, 6.07) is 0. The average molecular weight is 203 g/mol. The zero-order valence-corrected chi connectivity index (χ0v) is 9.67. The molecule has 0 saturated heterocycles. The molecule has 0 aromatic carbocycles. The largest absolute Gasteiger partial charge is 0.326 e. The Labute approximate surface area is 87.4 Å². The van der Waals surface area contributed by atoms with E-state index in [2.05, 4.69) is 13.8 Å². The number of ether oxygens (including phenoxy) is 2. The first-order valence-electron chi connectivity index (χ1n) is 5.66. The van der Waals surface area contributed by atoms with Crippen LogP contribution in [-0.4, -0.2) is 19.2 Å². The van der Waals surface area contributed by atoms with Crippen molar-refractivity contribution in [3.63, 3.8) is 0 Å². The highest BCUT2D eigenvalue weighted by Gasteiger charge is 2.28. The van der Waals surface area contributed by atoms with Gasteiger partial charge in [-0.3, -0.25) is 0 Å². The topological polar surface area (TPSA) is 38.4 Å². The van der Waals surface area contributed by atoms with Crippen LogP contribution in [-0.2, 0) is 14.6 Å². The van der Waals surface area contributed by atoms with E-state index in [1.807, 2.05) is 0 Å². The molecule has 0 saturated carbocycles. The zero-order valence-electron chi connectivity index (χ0n) is 9.67. The standard InChI is InChI=1S/C11H23O3/c1-4-7-9-13-11(12,6-3)14-10-8-5-2/h4-10H2,1-3H3. The van der Waals surface area contributed by atoms with Gasteiger partial charge in [0.05, 0.1) is 13.2 Å². The maximum absolute atomic E-state index is 11.8. The molecule has 0 atom stereocenters. The Morgan fingerprint density at radius 3 is 1.64 bits per heavy atom. The summed E-state index contributed by atoms with van der Waals surface area (Å²) in [4.78, 5) is 0. The first-order valence-corrected chi connectivity index (χ1v) is 5.66. The quantitative estimate of drug-likeness (QED) is 0.426. The molecule has 3 heteroatoms. The first kappa shape index (κ1) is 13.9. The smallest absolute Gasteiger partial charge is 0.312 e. The fraction of sp³-hybridized carbons (Fsp3) is 1.00. The highest BCUT2D eigenvalue weighted by atomic mass is 16.8. The van der Waals surface area contributed by atoms with Gasteiger partial charge in [0.25, 0.3) is 0 Å². The van der Waals surface area contributed by atoms with E-state index in [0.29, 0.717) is 19.6 Å². The van der Waals surface area contributed by atoms with Crippen molar-refractivity contribution in [1.82, 2.24) is 0 Å². The summed E-state index contributed by atoms with van der Waals surface area (Å²) in [6.07, 6.45) is 4.27. The molecule has 0 rings (SSSR count). The van der Waals surface area contributed by atoms with Crippen LogP contribution in [0.15, 0.2) is 0 Å². The van der Waals surface area contributed by atoms with Gasteiger partial charge < -0.3 is 9.47 Å². The van der Waals surface area contributed by atoms with E-state index in [0.717, 1.165) is 25.7 Å². The first-order chi connectivity index (χ1) is 6.68. The minimum Gasteiger partial charge on any atom is -0.326 e. The monoisotopic (exact) mass is 203 g/mol. The molecule has 0 aliphatic rings. The van der Waals surface area contributed by atoms with Crippen molar-refractivity contribution in [2.24, 2.45) is 0 Å². The fourth-order valence-corrected chi connectivity index (χ4v) is 0.990. The molecule has 0 spiro atoms. The van der Waals surface area contributed by atoms with Gasteiger partial charge in [-0.15, -0.1) is 0 Å². The molecule has 14 heavy (non-hydrogen) atoms. The van der Waals surface area contributed by atoms with Crippen molar-refractivity contribution in [1.29, 1.82) is 0 Å². The van der Waals surface area contributed by atoms with Crippen LogP contribution >= 0.6 is 0 Å². The normalized spacial score (nSPS) is 12.0. The molecule has 0 aromatic heterocycles. The Balaban J connectivity index is 3.67. The van der Waals surface area contributed by atoms with Crippen LogP contribution in [0.4, 0.5) is 0 Å². The lowest BCUT2D eigenvalue weighted by Gasteiger charge is -2.24. The van der Waals surface area contributed by atoms with E-state index in [4.69, 9.17) is 9.47 Å². The minimum absolute atomic E-state index is 0.362. The Hall–Kier alpha value is -0.120. The number of rotatable bonds is 9. The van der Waals surface area contributed by atoms with E-state index in [1.54, 1.807) is 6.92 Å². The van der Waals surface area contributed by atoms with Crippen LogP contribution in [0, 0.1) is 0 Å². The summed E-state index contributed by atoms with van der Waals surface area (Å²) in [6.45, 7) is 6.93. The minimum atomic E-state index is -1.61.